The molecule has 2 atom stereocenters. The summed E-state index contributed by atoms with van der Waals surface area (Å²) in [7, 11) is 0. The van der Waals surface area contributed by atoms with E-state index in [-0.39, 0.29) is 0 Å². The Bertz CT molecular complexity index is 201. The van der Waals surface area contributed by atoms with E-state index in [1.807, 2.05) is 0 Å². The first-order valence-corrected chi connectivity index (χ1v) is 7.71. The molecule has 0 heterocycles. The van der Waals surface area contributed by atoms with Crippen LogP contribution >= 0.6 is 0 Å². The van der Waals surface area contributed by atoms with Crippen LogP contribution in [0, 0.1) is 17.8 Å². The predicted octanol–water partition coefficient (Wildman–Crippen LogP) is 2.96. The topological polar surface area (TPSA) is 32.3 Å². The minimum Gasteiger partial charge on any atom is -0.396 e. The monoisotopic (exact) mass is 239 g/mol. The molecule has 0 amide bonds. The van der Waals surface area contributed by atoms with Gasteiger partial charge in [0, 0.05) is 6.61 Å². The number of hydrogen-bond acceptors (Lipinski definition) is 2. The molecule has 2 aliphatic carbocycles. The van der Waals surface area contributed by atoms with Crippen LogP contribution in [0.5, 0.6) is 0 Å². The zero-order chi connectivity index (χ0) is 11.9. The minimum absolute atomic E-state index is 0.398. The summed E-state index contributed by atoms with van der Waals surface area (Å²) in [5.74, 6) is 2.32. The normalized spacial score (nSPS) is 30.9. The van der Waals surface area contributed by atoms with Crippen LogP contribution in [-0.2, 0) is 0 Å². The summed E-state index contributed by atoms with van der Waals surface area (Å²) in [5.41, 5.74) is 0. The highest BCUT2D eigenvalue weighted by atomic mass is 16.3. The van der Waals surface area contributed by atoms with Crippen molar-refractivity contribution in [2.45, 2.75) is 57.8 Å². The van der Waals surface area contributed by atoms with E-state index in [4.69, 9.17) is 0 Å². The minimum atomic E-state index is 0.398. The quantitative estimate of drug-likeness (QED) is 0.699. The molecule has 0 aromatic carbocycles. The molecular formula is C15H29NO. The van der Waals surface area contributed by atoms with Crippen LogP contribution in [0.25, 0.3) is 0 Å². The van der Waals surface area contributed by atoms with Gasteiger partial charge in [-0.25, -0.2) is 0 Å². The largest absolute Gasteiger partial charge is 0.396 e. The van der Waals surface area contributed by atoms with Crippen molar-refractivity contribution in [3.8, 4) is 0 Å². The Morgan fingerprint density at radius 1 is 0.882 bits per heavy atom. The lowest BCUT2D eigenvalue weighted by molar-refractivity contribution is 0.191. The summed E-state index contributed by atoms with van der Waals surface area (Å²) in [6.07, 6.45) is 12.6. The smallest absolute Gasteiger partial charge is 0.0462 e. The van der Waals surface area contributed by atoms with E-state index in [0.29, 0.717) is 12.5 Å². The first kappa shape index (κ1) is 13.4. The number of rotatable bonds is 6. The van der Waals surface area contributed by atoms with Gasteiger partial charge in [0.05, 0.1) is 0 Å². The van der Waals surface area contributed by atoms with Crippen molar-refractivity contribution < 1.29 is 5.11 Å². The van der Waals surface area contributed by atoms with Crippen LogP contribution < -0.4 is 5.32 Å². The Morgan fingerprint density at radius 2 is 1.65 bits per heavy atom. The molecule has 2 N–H and O–H groups in total. The van der Waals surface area contributed by atoms with E-state index >= 15 is 0 Å². The van der Waals surface area contributed by atoms with Crippen molar-refractivity contribution in [3.05, 3.63) is 0 Å². The van der Waals surface area contributed by atoms with E-state index in [0.717, 1.165) is 18.4 Å². The van der Waals surface area contributed by atoms with Gasteiger partial charge in [0.2, 0.25) is 0 Å². The highest BCUT2D eigenvalue weighted by Crippen LogP contribution is 2.30. The third kappa shape index (κ3) is 4.26. The van der Waals surface area contributed by atoms with Gasteiger partial charge < -0.3 is 10.4 Å². The Labute approximate surface area is 106 Å². The number of aliphatic hydroxyl groups is 1. The molecule has 2 heteroatoms. The lowest BCUT2D eigenvalue weighted by Gasteiger charge is -2.22. The molecule has 100 valence electrons. The first-order valence-electron chi connectivity index (χ1n) is 7.71. The van der Waals surface area contributed by atoms with Gasteiger partial charge in [-0.1, -0.05) is 38.5 Å². The van der Waals surface area contributed by atoms with E-state index in [2.05, 4.69) is 5.32 Å². The molecule has 17 heavy (non-hydrogen) atoms. The van der Waals surface area contributed by atoms with Gasteiger partial charge in [-0.3, -0.25) is 0 Å². The molecule has 2 fully saturated rings. The van der Waals surface area contributed by atoms with E-state index in [1.54, 1.807) is 0 Å². The second kappa shape index (κ2) is 7.38. The number of aliphatic hydroxyl groups excluding tert-OH is 1. The van der Waals surface area contributed by atoms with Crippen LogP contribution in [0.3, 0.4) is 0 Å². The highest BCUT2D eigenvalue weighted by molar-refractivity contribution is 4.78. The molecule has 0 aliphatic heterocycles. The second-order valence-electron chi connectivity index (χ2n) is 6.13. The van der Waals surface area contributed by atoms with Crippen molar-refractivity contribution in [2.24, 2.45) is 17.8 Å². The molecular weight excluding hydrogens is 210 g/mol. The maximum atomic E-state index is 9.27. The summed E-state index contributed by atoms with van der Waals surface area (Å²) < 4.78 is 0. The molecule has 0 aromatic rings. The van der Waals surface area contributed by atoms with Crippen LogP contribution in [-0.4, -0.2) is 24.8 Å². The van der Waals surface area contributed by atoms with Gasteiger partial charge in [0.1, 0.15) is 0 Å². The fourth-order valence-corrected chi connectivity index (χ4v) is 3.69. The third-order valence-corrected chi connectivity index (χ3v) is 4.91. The van der Waals surface area contributed by atoms with E-state index in [1.165, 1.54) is 64.3 Å². The standard InChI is InChI=1S/C15H29NO/c17-12-15-8-4-7-14(15)11-16-10-9-13-5-2-1-3-6-13/h13-17H,1-12H2. The van der Waals surface area contributed by atoms with Crippen LogP contribution in [0.15, 0.2) is 0 Å². The van der Waals surface area contributed by atoms with Crippen molar-refractivity contribution in [1.29, 1.82) is 0 Å². The molecule has 0 radical (unpaired) electrons. The van der Waals surface area contributed by atoms with Crippen molar-refractivity contribution >= 4 is 0 Å². The average Bonchev–Trinajstić information content (AvgIpc) is 2.83. The molecule has 2 nitrogen and oxygen atoms in total. The highest BCUT2D eigenvalue weighted by Gasteiger charge is 2.25. The molecule has 2 rings (SSSR count). The molecule has 2 saturated carbocycles. The molecule has 0 aromatic heterocycles. The molecule has 0 bridgehead atoms. The summed E-state index contributed by atoms with van der Waals surface area (Å²) in [5, 5.41) is 12.9. The van der Waals surface area contributed by atoms with Gasteiger partial charge in [-0.2, -0.15) is 0 Å². The Hall–Kier alpha value is -0.0800. The maximum absolute atomic E-state index is 9.27. The Balaban J connectivity index is 1.53. The van der Waals surface area contributed by atoms with E-state index < -0.39 is 0 Å². The summed E-state index contributed by atoms with van der Waals surface area (Å²) in [6.45, 7) is 2.73. The van der Waals surface area contributed by atoms with Crippen LogP contribution in [0.1, 0.15) is 57.8 Å². The Morgan fingerprint density at radius 3 is 2.41 bits per heavy atom. The van der Waals surface area contributed by atoms with Crippen molar-refractivity contribution in [2.75, 3.05) is 19.7 Å². The predicted molar refractivity (Wildman–Crippen MR) is 72.0 cm³/mol. The third-order valence-electron chi connectivity index (χ3n) is 4.91. The van der Waals surface area contributed by atoms with Crippen molar-refractivity contribution in [3.63, 3.8) is 0 Å². The SMILES string of the molecule is OCC1CCCC1CNCCC1CCCCC1. The Kier molecular flexibility index (Phi) is 5.79. The van der Waals surface area contributed by atoms with Crippen LogP contribution in [0.2, 0.25) is 0 Å². The zero-order valence-corrected chi connectivity index (χ0v) is 11.2. The van der Waals surface area contributed by atoms with Crippen molar-refractivity contribution in [1.82, 2.24) is 5.32 Å². The molecule has 0 saturated heterocycles. The fraction of sp³-hybridized carbons (Fsp3) is 1.00. The fourth-order valence-electron chi connectivity index (χ4n) is 3.69. The summed E-state index contributed by atoms with van der Waals surface area (Å²) >= 11 is 0. The van der Waals surface area contributed by atoms with Gasteiger partial charge in [0.25, 0.3) is 0 Å². The number of hydrogen-bond donors (Lipinski definition) is 2. The van der Waals surface area contributed by atoms with Crippen LogP contribution in [0.4, 0.5) is 0 Å². The maximum Gasteiger partial charge on any atom is 0.0462 e. The second-order valence-corrected chi connectivity index (χ2v) is 6.13. The van der Waals surface area contributed by atoms with Gasteiger partial charge in [-0.15, -0.1) is 0 Å². The lowest BCUT2D eigenvalue weighted by Crippen LogP contribution is -2.28. The van der Waals surface area contributed by atoms with Gasteiger partial charge in [0.15, 0.2) is 0 Å². The van der Waals surface area contributed by atoms with E-state index in [9.17, 15) is 5.11 Å². The molecule has 0 spiro atoms. The number of nitrogens with one attached hydrogen (secondary N) is 1. The molecule has 2 aliphatic rings. The van der Waals surface area contributed by atoms with Gasteiger partial charge in [-0.05, 0) is 50.1 Å². The van der Waals surface area contributed by atoms with Gasteiger partial charge >= 0.3 is 0 Å². The zero-order valence-electron chi connectivity index (χ0n) is 11.2. The lowest BCUT2D eigenvalue weighted by atomic mass is 9.87. The summed E-state index contributed by atoms with van der Waals surface area (Å²) in [6, 6.07) is 0. The molecule has 2 unspecified atom stereocenters. The first-order chi connectivity index (χ1) is 8.40. The summed E-state index contributed by atoms with van der Waals surface area (Å²) in [4.78, 5) is 0. The average molecular weight is 239 g/mol.